The number of nitrogens with zero attached hydrogens (tertiary/aromatic N) is 2. The number of fused-ring (bicyclic) bond motifs is 5. The van der Waals surface area contributed by atoms with Crippen LogP contribution in [0.25, 0.3) is 11.0 Å². The molecule has 1 aromatic carbocycles. The van der Waals surface area contributed by atoms with Crippen LogP contribution in [0.15, 0.2) is 28.7 Å². The van der Waals surface area contributed by atoms with Crippen LogP contribution in [0.4, 0.5) is 4.39 Å². The molecule has 4 heterocycles. The zero-order valence-corrected chi connectivity index (χ0v) is 15.7. The first kappa shape index (κ1) is 16.6. The van der Waals surface area contributed by atoms with Gasteiger partial charge in [-0.25, -0.2) is 4.39 Å². The Kier molecular flexibility index (Phi) is 3.30. The quantitative estimate of drug-likeness (QED) is 0.798. The predicted octanol–water partition coefficient (Wildman–Crippen LogP) is 3.58. The molecule has 5 nitrogen and oxygen atoms in total. The highest BCUT2D eigenvalue weighted by atomic mass is 19.1. The Labute approximate surface area is 162 Å². The van der Waals surface area contributed by atoms with E-state index in [0.717, 1.165) is 25.7 Å². The third-order valence-corrected chi connectivity index (χ3v) is 7.59. The lowest BCUT2D eigenvalue weighted by molar-refractivity contribution is -0.146. The molecule has 2 unspecified atom stereocenters. The second kappa shape index (κ2) is 5.58. The molecule has 7 rings (SSSR count). The van der Waals surface area contributed by atoms with E-state index in [9.17, 15) is 14.0 Å². The third kappa shape index (κ3) is 2.17. The molecular formula is C22H23FN2O3. The summed E-state index contributed by atoms with van der Waals surface area (Å²) in [6.45, 7) is 1.17. The van der Waals surface area contributed by atoms with Crippen LogP contribution in [0.1, 0.15) is 49.1 Å². The number of hydrogen-bond donors (Lipinski definition) is 0. The molecule has 2 aliphatic carbocycles. The fourth-order valence-corrected chi connectivity index (χ4v) is 5.98. The Bertz CT molecular complexity index is 1000. The minimum absolute atomic E-state index is 0.0227. The maximum absolute atomic E-state index is 13.9. The average molecular weight is 382 g/mol. The lowest BCUT2D eigenvalue weighted by Gasteiger charge is -2.52. The predicted molar refractivity (Wildman–Crippen MR) is 100 cm³/mol. The molecule has 5 fully saturated rings. The number of carbonyl (C=O) groups excluding carboxylic acids is 2. The van der Waals surface area contributed by atoms with Crippen LogP contribution in [-0.4, -0.2) is 46.8 Å². The van der Waals surface area contributed by atoms with Gasteiger partial charge < -0.3 is 14.2 Å². The zero-order valence-electron chi connectivity index (χ0n) is 15.7. The van der Waals surface area contributed by atoms with E-state index in [1.165, 1.54) is 18.9 Å². The molecule has 6 heteroatoms. The van der Waals surface area contributed by atoms with Gasteiger partial charge in [-0.1, -0.05) is 18.6 Å². The minimum atomic E-state index is -0.455. The van der Waals surface area contributed by atoms with Crippen molar-refractivity contribution in [2.45, 2.75) is 50.6 Å². The van der Waals surface area contributed by atoms with Gasteiger partial charge in [-0.3, -0.25) is 9.59 Å². The molecular weight excluding hydrogens is 359 g/mol. The molecule has 2 saturated carbocycles. The Hall–Kier alpha value is -2.37. The second-order valence-electron chi connectivity index (χ2n) is 9.02. The lowest BCUT2D eigenvalue weighted by atomic mass is 9.88. The van der Waals surface area contributed by atoms with Crippen molar-refractivity contribution < 1.29 is 18.4 Å². The van der Waals surface area contributed by atoms with Gasteiger partial charge in [0.2, 0.25) is 5.91 Å². The topological polar surface area (TPSA) is 53.8 Å². The van der Waals surface area contributed by atoms with Gasteiger partial charge >= 0.3 is 0 Å². The number of halogens is 1. The van der Waals surface area contributed by atoms with Gasteiger partial charge in [0.25, 0.3) is 5.91 Å². The molecule has 1 aromatic heterocycles. The molecule has 2 bridgehead atoms. The first-order valence-corrected chi connectivity index (χ1v) is 10.4. The van der Waals surface area contributed by atoms with E-state index in [4.69, 9.17) is 4.42 Å². The molecule has 2 aromatic rings. The van der Waals surface area contributed by atoms with Crippen molar-refractivity contribution in [2.75, 3.05) is 13.1 Å². The van der Waals surface area contributed by atoms with Crippen molar-refractivity contribution in [3.05, 3.63) is 35.8 Å². The highest BCUT2D eigenvalue weighted by Crippen LogP contribution is 2.64. The second-order valence-corrected chi connectivity index (χ2v) is 9.02. The summed E-state index contributed by atoms with van der Waals surface area (Å²) in [5.74, 6) is 0.470. The molecule has 3 saturated heterocycles. The Balaban J connectivity index is 1.23. The fourth-order valence-electron chi connectivity index (χ4n) is 5.98. The zero-order chi connectivity index (χ0) is 19.0. The smallest absolute Gasteiger partial charge is 0.289 e. The van der Waals surface area contributed by atoms with Crippen molar-refractivity contribution in [1.82, 2.24) is 9.80 Å². The van der Waals surface area contributed by atoms with E-state index in [0.29, 0.717) is 30.3 Å². The average Bonchev–Trinajstić information content (AvgIpc) is 3.07. The normalized spacial score (nSPS) is 33.4. The van der Waals surface area contributed by atoms with Gasteiger partial charge in [0.15, 0.2) is 17.2 Å². The monoisotopic (exact) mass is 382 g/mol. The minimum Gasteiger partial charge on any atom is -0.448 e. The Morgan fingerprint density at radius 2 is 1.89 bits per heavy atom. The number of piperazine rings is 1. The van der Waals surface area contributed by atoms with Crippen molar-refractivity contribution >= 4 is 22.8 Å². The van der Waals surface area contributed by atoms with E-state index in [-0.39, 0.29) is 34.7 Å². The van der Waals surface area contributed by atoms with Gasteiger partial charge in [-0.05, 0) is 50.2 Å². The van der Waals surface area contributed by atoms with E-state index in [1.807, 2.05) is 4.90 Å². The molecule has 2 amide bonds. The summed E-state index contributed by atoms with van der Waals surface area (Å²) in [6, 6.07) is 6.43. The first-order chi connectivity index (χ1) is 13.6. The summed E-state index contributed by atoms with van der Waals surface area (Å²) in [5.41, 5.74) is 0.0627. The number of piperidine rings is 2. The van der Waals surface area contributed by atoms with Gasteiger partial charge in [0.1, 0.15) is 0 Å². The van der Waals surface area contributed by atoms with Gasteiger partial charge in [-0.15, -0.1) is 0 Å². The van der Waals surface area contributed by atoms with Crippen molar-refractivity contribution in [1.29, 1.82) is 0 Å². The maximum atomic E-state index is 13.9. The lowest BCUT2D eigenvalue weighted by Crippen LogP contribution is -2.66. The van der Waals surface area contributed by atoms with E-state index in [1.54, 1.807) is 18.2 Å². The number of furan rings is 1. The summed E-state index contributed by atoms with van der Waals surface area (Å²) in [4.78, 5) is 30.2. The molecule has 28 heavy (non-hydrogen) atoms. The molecule has 0 radical (unpaired) electrons. The van der Waals surface area contributed by atoms with Gasteiger partial charge in [-0.2, -0.15) is 0 Å². The summed E-state index contributed by atoms with van der Waals surface area (Å²) in [6.07, 6.45) is 6.33. The number of hydrogen-bond acceptors (Lipinski definition) is 3. The van der Waals surface area contributed by atoms with Crippen molar-refractivity contribution in [2.24, 2.45) is 11.3 Å². The van der Waals surface area contributed by atoms with Crippen LogP contribution in [0.3, 0.4) is 0 Å². The molecule has 3 aliphatic heterocycles. The summed E-state index contributed by atoms with van der Waals surface area (Å²) < 4.78 is 19.5. The SMILES string of the molecule is O=C(c1cc2cccc(F)c2o1)N1CC2CCC1CN2C(=O)[C@@]12CCC[C@@H]1C2. The number of carbonyl (C=O) groups is 2. The summed E-state index contributed by atoms with van der Waals surface area (Å²) >= 11 is 0. The van der Waals surface area contributed by atoms with Gasteiger partial charge in [0, 0.05) is 30.6 Å². The van der Waals surface area contributed by atoms with E-state index in [2.05, 4.69) is 4.90 Å². The van der Waals surface area contributed by atoms with Crippen LogP contribution in [-0.2, 0) is 4.79 Å². The van der Waals surface area contributed by atoms with Crippen molar-refractivity contribution in [3.8, 4) is 0 Å². The third-order valence-electron chi connectivity index (χ3n) is 7.59. The van der Waals surface area contributed by atoms with E-state index < -0.39 is 5.82 Å². The summed E-state index contributed by atoms with van der Waals surface area (Å²) in [5, 5.41) is 0.599. The first-order valence-electron chi connectivity index (χ1n) is 10.4. The highest BCUT2D eigenvalue weighted by Gasteiger charge is 2.64. The molecule has 0 N–H and O–H groups in total. The highest BCUT2D eigenvalue weighted by molar-refractivity contribution is 5.97. The van der Waals surface area contributed by atoms with Crippen LogP contribution >= 0.6 is 0 Å². The number of para-hydroxylation sites is 1. The number of amides is 2. The summed E-state index contributed by atoms with van der Waals surface area (Å²) in [7, 11) is 0. The van der Waals surface area contributed by atoms with Crippen LogP contribution in [0.5, 0.6) is 0 Å². The molecule has 4 atom stereocenters. The van der Waals surface area contributed by atoms with Crippen molar-refractivity contribution in [3.63, 3.8) is 0 Å². The molecule has 146 valence electrons. The van der Waals surface area contributed by atoms with E-state index >= 15 is 0 Å². The van der Waals surface area contributed by atoms with Gasteiger partial charge in [0.05, 0.1) is 5.41 Å². The Morgan fingerprint density at radius 3 is 2.54 bits per heavy atom. The standard InChI is InChI=1S/C22H23FN2O3/c23-17-5-1-3-13-9-18(28-19(13)17)20(26)24-11-16-7-6-15(24)12-25(16)21(27)22-8-2-4-14(22)10-22/h1,3,5,9,14-16H,2,4,6-8,10-12H2/t14-,15?,16?,22-/m1/s1. The maximum Gasteiger partial charge on any atom is 0.289 e. The number of rotatable bonds is 2. The molecule has 5 aliphatic rings. The van der Waals surface area contributed by atoms with Crippen LogP contribution in [0, 0.1) is 17.2 Å². The fraction of sp³-hybridized carbons (Fsp3) is 0.545. The Morgan fingerprint density at radius 1 is 1.11 bits per heavy atom. The number of benzene rings is 1. The van der Waals surface area contributed by atoms with Crippen LogP contribution in [0.2, 0.25) is 0 Å². The van der Waals surface area contributed by atoms with Crippen LogP contribution < -0.4 is 0 Å². The molecule has 0 spiro atoms. The largest absolute Gasteiger partial charge is 0.448 e.